The first-order valence-corrected chi connectivity index (χ1v) is 7.05. The average Bonchev–Trinajstić information content (AvgIpc) is 2.39. The van der Waals surface area contributed by atoms with Crippen molar-refractivity contribution in [2.45, 2.75) is 19.8 Å². The zero-order valence-corrected chi connectivity index (χ0v) is 12.8. The van der Waals surface area contributed by atoms with E-state index in [1.807, 2.05) is 7.05 Å². The van der Waals surface area contributed by atoms with E-state index in [-0.39, 0.29) is 0 Å². The van der Waals surface area contributed by atoms with Gasteiger partial charge in [-0.3, -0.25) is 0 Å². The molecule has 0 fully saturated rings. The predicted molar refractivity (Wildman–Crippen MR) is 82.1 cm³/mol. The van der Waals surface area contributed by atoms with Gasteiger partial charge in [-0.15, -0.1) is 0 Å². The molecule has 1 heterocycles. The van der Waals surface area contributed by atoms with Gasteiger partial charge >= 0.3 is 0 Å². The number of rotatable bonds is 5. The van der Waals surface area contributed by atoms with Gasteiger partial charge in [0.2, 0.25) is 5.88 Å². The molecular weight excluding hydrogens is 297 g/mol. The monoisotopic (exact) mass is 311 g/mol. The van der Waals surface area contributed by atoms with Gasteiger partial charge in [0, 0.05) is 17.1 Å². The maximum atomic E-state index is 5.97. The van der Waals surface area contributed by atoms with Gasteiger partial charge in [-0.1, -0.05) is 36.5 Å². The van der Waals surface area contributed by atoms with E-state index in [9.17, 15) is 0 Å². The number of hydrogen-bond acceptors (Lipinski definition) is 4. The van der Waals surface area contributed by atoms with Crippen LogP contribution in [0.25, 0.3) is 0 Å². The second kappa shape index (κ2) is 6.77. The van der Waals surface area contributed by atoms with Gasteiger partial charge in [0.15, 0.2) is 0 Å². The molecule has 2 rings (SSSR count). The van der Waals surface area contributed by atoms with Gasteiger partial charge in [0.05, 0.1) is 5.56 Å². The van der Waals surface area contributed by atoms with E-state index in [1.54, 1.807) is 18.2 Å². The van der Waals surface area contributed by atoms with Gasteiger partial charge in [-0.2, -0.15) is 0 Å². The smallest absolute Gasteiger partial charge is 0.227 e. The third-order valence-corrected chi connectivity index (χ3v) is 3.13. The SMILES string of the molecule is CCCc1c(NC)ncnc1Oc1cc(Cl)cc(Cl)c1. The van der Waals surface area contributed by atoms with Crippen LogP contribution in [0.5, 0.6) is 11.6 Å². The van der Waals surface area contributed by atoms with Crippen LogP contribution >= 0.6 is 23.2 Å². The van der Waals surface area contributed by atoms with E-state index >= 15 is 0 Å². The molecule has 6 heteroatoms. The highest BCUT2D eigenvalue weighted by Gasteiger charge is 2.12. The Morgan fingerprint density at radius 1 is 1.15 bits per heavy atom. The van der Waals surface area contributed by atoms with Crippen molar-refractivity contribution in [3.05, 3.63) is 40.1 Å². The van der Waals surface area contributed by atoms with Crippen LogP contribution in [0.1, 0.15) is 18.9 Å². The molecule has 20 heavy (non-hydrogen) atoms. The van der Waals surface area contributed by atoms with Crippen LogP contribution in [-0.2, 0) is 6.42 Å². The largest absolute Gasteiger partial charge is 0.438 e. The average molecular weight is 312 g/mol. The summed E-state index contributed by atoms with van der Waals surface area (Å²) >= 11 is 11.9. The molecule has 1 N–H and O–H groups in total. The molecule has 2 aromatic rings. The Morgan fingerprint density at radius 2 is 1.85 bits per heavy atom. The Labute approximate surface area is 128 Å². The van der Waals surface area contributed by atoms with E-state index in [1.165, 1.54) is 6.33 Å². The van der Waals surface area contributed by atoms with Crippen LogP contribution in [0.15, 0.2) is 24.5 Å². The predicted octanol–water partition coefficient (Wildman–Crippen LogP) is 4.57. The fourth-order valence-corrected chi connectivity index (χ4v) is 2.38. The highest BCUT2D eigenvalue weighted by Crippen LogP contribution is 2.31. The van der Waals surface area contributed by atoms with Gasteiger partial charge in [-0.25, -0.2) is 9.97 Å². The standard InChI is InChI=1S/C14H15Cl2N3O/c1-3-4-12-13(17-2)18-8-19-14(12)20-11-6-9(15)5-10(16)7-11/h5-8H,3-4H2,1-2H3,(H,17,18,19). The van der Waals surface area contributed by atoms with Crippen molar-refractivity contribution >= 4 is 29.0 Å². The number of aromatic nitrogens is 2. The van der Waals surface area contributed by atoms with Crippen LogP contribution in [0.3, 0.4) is 0 Å². The van der Waals surface area contributed by atoms with E-state index in [4.69, 9.17) is 27.9 Å². The molecule has 0 aliphatic heterocycles. The third-order valence-electron chi connectivity index (χ3n) is 2.69. The number of nitrogens with zero attached hydrogens (tertiary/aromatic N) is 2. The molecular formula is C14H15Cl2N3O. The number of hydrogen-bond donors (Lipinski definition) is 1. The summed E-state index contributed by atoms with van der Waals surface area (Å²) in [6.07, 6.45) is 3.25. The lowest BCUT2D eigenvalue weighted by Crippen LogP contribution is -2.03. The Balaban J connectivity index is 2.37. The molecule has 4 nitrogen and oxygen atoms in total. The van der Waals surface area contributed by atoms with Gasteiger partial charge in [-0.05, 0) is 24.6 Å². The van der Waals surface area contributed by atoms with Crippen LogP contribution in [0.2, 0.25) is 10.0 Å². The minimum Gasteiger partial charge on any atom is -0.438 e. The second-order valence-electron chi connectivity index (χ2n) is 4.21. The van der Waals surface area contributed by atoms with Crippen molar-refractivity contribution in [2.24, 2.45) is 0 Å². The second-order valence-corrected chi connectivity index (χ2v) is 5.09. The van der Waals surface area contributed by atoms with Crippen LogP contribution < -0.4 is 10.1 Å². The fraction of sp³-hybridized carbons (Fsp3) is 0.286. The molecule has 1 aromatic carbocycles. The molecule has 1 aromatic heterocycles. The lowest BCUT2D eigenvalue weighted by Gasteiger charge is -2.13. The quantitative estimate of drug-likeness (QED) is 0.878. The Hall–Kier alpha value is -1.52. The van der Waals surface area contributed by atoms with Crippen molar-refractivity contribution in [1.82, 2.24) is 9.97 Å². The van der Waals surface area contributed by atoms with Crippen LogP contribution in [-0.4, -0.2) is 17.0 Å². The molecule has 0 spiro atoms. The van der Waals surface area contributed by atoms with Crippen molar-refractivity contribution < 1.29 is 4.74 Å². The highest BCUT2D eigenvalue weighted by atomic mass is 35.5. The van der Waals surface area contributed by atoms with Gasteiger partial charge in [0.25, 0.3) is 0 Å². The van der Waals surface area contributed by atoms with Gasteiger partial charge in [0.1, 0.15) is 17.9 Å². The first-order valence-electron chi connectivity index (χ1n) is 6.29. The molecule has 0 radical (unpaired) electrons. The summed E-state index contributed by atoms with van der Waals surface area (Å²) < 4.78 is 5.81. The summed E-state index contributed by atoms with van der Waals surface area (Å²) in [4.78, 5) is 8.40. The molecule has 0 aliphatic carbocycles. The summed E-state index contributed by atoms with van der Waals surface area (Å²) in [7, 11) is 1.82. The number of benzene rings is 1. The molecule has 0 atom stereocenters. The van der Waals surface area contributed by atoms with Crippen LogP contribution in [0, 0.1) is 0 Å². The maximum Gasteiger partial charge on any atom is 0.227 e. The number of ether oxygens (including phenoxy) is 1. The molecule has 0 bridgehead atoms. The fourth-order valence-electron chi connectivity index (χ4n) is 1.87. The van der Waals surface area contributed by atoms with Crippen molar-refractivity contribution in [3.63, 3.8) is 0 Å². The first kappa shape index (κ1) is 14.9. The van der Waals surface area contributed by atoms with Crippen LogP contribution in [0.4, 0.5) is 5.82 Å². The molecule has 0 unspecified atom stereocenters. The maximum absolute atomic E-state index is 5.97. The van der Waals surface area contributed by atoms with E-state index in [0.717, 1.165) is 24.2 Å². The summed E-state index contributed by atoms with van der Waals surface area (Å²) in [6.45, 7) is 2.09. The Bertz CT molecular complexity index is 585. The van der Waals surface area contributed by atoms with E-state index < -0.39 is 0 Å². The Kier molecular flexibility index (Phi) is 5.04. The molecule has 0 aliphatic rings. The van der Waals surface area contributed by atoms with E-state index in [0.29, 0.717) is 21.7 Å². The number of halogens is 2. The molecule has 0 amide bonds. The zero-order chi connectivity index (χ0) is 14.5. The first-order chi connectivity index (χ1) is 9.63. The van der Waals surface area contributed by atoms with Crippen molar-refractivity contribution in [3.8, 4) is 11.6 Å². The van der Waals surface area contributed by atoms with Crippen molar-refractivity contribution in [1.29, 1.82) is 0 Å². The summed E-state index contributed by atoms with van der Waals surface area (Å²) in [6, 6.07) is 5.05. The minimum absolute atomic E-state index is 0.518. The van der Waals surface area contributed by atoms with Crippen molar-refractivity contribution in [2.75, 3.05) is 12.4 Å². The van der Waals surface area contributed by atoms with E-state index in [2.05, 4.69) is 22.2 Å². The third kappa shape index (κ3) is 3.52. The zero-order valence-electron chi connectivity index (χ0n) is 11.3. The van der Waals surface area contributed by atoms with Gasteiger partial charge < -0.3 is 10.1 Å². The topological polar surface area (TPSA) is 47.0 Å². The molecule has 106 valence electrons. The Morgan fingerprint density at radius 3 is 2.45 bits per heavy atom. The molecule has 0 saturated carbocycles. The minimum atomic E-state index is 0.518. The lowest BCUT2D eigenvalue weighted by molar-refractivity contribution is 0.454. The highest BCUT2D eigenvalue weighted by molar-refractivity contribution is 6.34. The summed E-state index contributed by atoms with van der Waals surface area (Å²) in [5, 5.41) is 4.09. The number of nitrogens with one attached hydrogen (secondary N) is 1. The lowest BCUT2D eigenvalue weighted by atomic mass is 10.1. The molecule has 0 saturated heterocycles. The normalized spacial score (nSPS) is 10.4. The summed E-state index contributed by atoms with van der Waals surface area (Å²) in [5.74, 6) is 1.84. The summed E-state index contributed by atoms with van der Waals surface area (Å²) in [5.41, 5.74) is 0.939. The number of anilines is 1.